The van der Waals surface area contributed by atoms with Gasteiger partial charge in [0.25, 0.3) is 5.69 Å². The highest BCUT2D eigenvalue weighted by molar-refractivity contribution is 5.40. The molecule has 1 heterocycles. The standard InChI is InChI=1S/C15H20N4O2/c1-12(2)16-9-3-4-13-10-17-18(11-13)14-5-7-15(8-6-14)19(20)21/h5-8,10-12,16H,3-4,9H2,1-2H3. The molecule has 0 saturated carbocycles. The molecular formula is C15H20N4O2. The molecule has 0 aliphatic carbocycles. The summed E-state index contributed by atoms with van der Waals surface area (Å²) in [4.78, 5) is 10.2. The molecule has 2 aromatic rings. The fraction of sp³-hybridized carbons (Fsp3) is 0.400. The summed E-state index contributed by atoms with van der Waals surface area (Å²) in [5.74, 6) is 0. The molecule has 0 unspecified atom stereocenters. The summed E-state index contributed by atoms with van der Waals surface area (Å²) in [6.45, 7) is 5.25. The second kappa shape index (κ2) is 6.99. The summed E-state index contributed by atoms with van der Waals surface area (Å²) >= 11 is 0. The molecule has 21 heavy (non-hydrogen) atoms. The third-order valence-corrected chi connectivity index (χ3v) is 3.16. The Kier molecular flexibility index (Phi) is 5.05. The Bertz CT molecular complexity index is 590. The Labute approximate surface area is 123 Å². The summed E-state index contributed by atoms with van der Waals surface area (Å²) in [5, 5.41) is 18.3. The van der Waals surface area contributed by atoms with Crippen LogP contribution in [0, 0.1) is 10.1 Å². The van der Waals surface area contributed by atoms with Crippen molar-refractivity contribution in [3.8, 4) is 5.69 Å². The fourth-order valence-electron chi connectivity index (χ4n) is 2.04. The molecule has 0 aliphatic rings. The second-order valence-electron chi connectivity index (χ2n) is 5.28. The Hall–Kier alpha value is -2.21. The topological polar surface area (TPSA) is 73.0 Å². The monoisotopic (exact) mass is 288 g/mol. The van der Waals surface area contributed by atoms with Gasteiger partial charge in [0, 0.05) is 24.4 Å². The number of nitro benzene ring substituents is 1. The minimum Gasteiger partial charge on any atom is -0.315 e. The lowest BCUT2D eigenvalue weighted by Gasteiger charge is -2.06. The number of aryl methyl sites for hydroxylation is 1. The van der Waals surface area contributed by atoms with Gasteiger partial charge in [-0.2, -0.15) is 5.10 Å². The van der Waals surface area contributed by atoms with Crippen LogP contribution in [0.15, 0.2) is 36.7 Å². The summed E-state index contributed by atoms with van der Waals surface area (Å²) in [6.07, 6.45) is 5.84. The highest BCUT2D eigenvalue weighted by Gasteiger charge is 2.06. The van der Waals surface area contributed by atoms with Crippen molar-refractivity contribution < 1.29 is 4.92 Å². The van der Waals surface area contributed by atoms with Gasteiger partial charge in [-0.15, -0.1) is 0 Å². The number of non-ortho nitro benzene ring substituents is 1. The third kappa shape index (κ3) is 4.39. The van der Waals surface area contributed by atoms with Crippen LogP contribution in [0.25, 0.3) is 5.69 Å². The summed E-state index contributed by atoms with van der Waals surface area (Å²) < 4.78 is 1.74. The zero-order valence-electron chi connectivity index (χ0n) is 12.3. The van der Waals surface area contributed by atoms with E-state index in [0.717, 1.165) is 25.1 Å². The van der Waals surface area contributed by atoms with Crippen molar-refractivity contribution in [2.45, 2.75) is 32.7 Å². The average Bonchev–Trinajstić information content (AvgIpc) is 2.92. The fourth-order valence-corrected chi connectivity index (χ4v) is 2.04. The Balaban J connectivity index is 1.94. The van der Waals surface area contributed by atoms with E-state index >= 15 is 0 Å². The van der Waals surface area contributed by atoms with E-state index in [-0.39, 0.29) is 5.69 Å². The van der Waals surface area contributed by atoms with Gasteiger partial charge in [-0.1, -0.05) is 13.8 Å². The Morgan fingerprint density at radius 2 is 2.05 bits per heavy atom. The quantitative estimate of drug-likeness (QED) is 0.483. The molecule has 0 bridgehead atoms. The van der Waals surface area contributed by atoms with Gasteiger partial charge in [0.1, 0.15) is 0 Å². The van der Waals surface area contributed by atoms with Gasteiger partial charge in [0.05, 0.1) is 16.8 Å². The molecule has 0 atom stereocenters. The average molecular weight is 288 g/mol. The number of nitro groups is 1. The van der Waals surface area contributed by atoms with Gasteiger partial charge in [-0.3, -0.25) is 10.1 Å². The molecule has 1 aromatic heterocycles. The van der Waals surface area contributed by atoms with E-state index in [1.54, 1.807) is 16.8 Å². The zero-order chi connectivity index (χ0) is 15.2. The molecule has 1 aromatic carbocycles. The number of aromatic nitrogens is 2. The molecule has 0 amide bonds. The molecule has 1 N–H and O–H groups in total. The molecule has 6 nitrogen and oxygen atoms in total. The third-order valence-electron chi connectivity index (χ3n) is 3.16. The van der Waals surface area contributed by atoms with Crippen molar-refractivity contribution in [2.75, 3.05) is 6.54 Å². The van der Waals surface area contributed by atoms with Crippen LogP contribution in [-0.2, 0) is 6.42 Å². The van der Waals surface area contributed by atoms with Gasteiger partial charge in [0.15, 0.2) is 0 Å². The van der Waals surface area contributed by atoms with Crippen LogP contribution in [-0.4, -0.2) is 27.3 Å². The number of hydrogen-bond acceptors (Lipinski definition) is 4. The normalized spacial score (nSPS) is 11.0. The maximum absolute atomic E-state index is 10.6. The first-order chi connectivity index (χ1) is 10.1. The minimum absolute atomic E-state index is 0.0888. The van der Waals surface area contributed by atoms with Crippen LogP contribution in [0.1, 0.15) is 25.8 Å². The van der Waals surface area contributed by atoms with E-state index in [9.17, 15) is 10.1 Å². The van der Waals surface area contributed by atoms with E-state index in [2.05, 4.69) is 24.3 Å². The van der Waals surface area contributed by atoms with E-state index in [1.165, 1.54) is 17.7 Å². The molecule has 112 valence electrons. The van der Waals surface area contributed by atoms with Crippen molar-refractivity contribution in [3.63, 3.8) is 0 Å². The van der Waals surface area contributed by atoms with E-state index in [0.29, 0.717) is 6.04 Å². The van der Waals surface area contributed by atoms with Gasteiger partial charge >= 0.3 is 0 Å². The highest BCUT2D eigenvalue weighted by atomic mass is 16.6. The van der Waals surface area contributed by atoms with Crippen molar-refractivity contribution >= 4 is 5.69 Å². The maximum atomic E-state index is 10.6. The molecule has 0 saturated heterocycles. The lowest BCUT2D eigenvalue weighted by atomic mass is 10.2. The van der Waals surface area contributed by atoms with Crippen molar-refractivity contribution in [2.24, 2.45) is 0 Å². The first-order valence-corrected chi connectivity index (χ1v) is 7.08. The van der Waals surface area contributed by atoms with Crippen LogP contribution in [0.3, 0.4) is 0 Å². The number of hydrogen-bond donors (Lipinski definition) is 1. The van der Waals surface area contributed by atoms with Gasteiger partial charge in [0.2, 0.25) is 0 Å². The molecule has 0 aliphatic heterocycles. The highest BCUT2D eigenvalue weighted by Crippen LogP contribution is 2.15. The SMILES string of the molecule is CC(C)NCCCc1cnn(-c2ccc([N+](=O)[O-])cc2)c1. The molecular weight excluding hydrogens is 268 g/mol. The van der Waals surface area contributed by atoms with Gasteiger partial charge < -0.3 is 5.32 Å². The molecule has 6 heteroatoms. The van der Waals surface area contributed by atoms with Gasteiger partial charge in [-0.05, 0) is 37.1 Å². The first-order valence-electron chi connectivity index (χ1n) is 7.08. The van der Waals surface area contributed by atoms with Gasteiger partial charge in [-0.25, -0.2) is 4.68 Å². The lowest BCUT2D eigenvalue weighted by Crippen LogP contribution is -2.23. The largest absolute Gasteiger partial charge is 0.315 e. The number of rotatable bonds is 7. The number of nitrogens with one attached hydrogen (secondary N) is 1. The molecule has 0 fully saturated rings. The number of nitrogens with zero attached hydrogens (tertiary/aromatic N) is 3. The Morgan fingerprint density at radius 3 is 2.67 bits per heavy atom. The van der Waals surface area contributed by atoms with Crippen LogP contribution >= 0.6 is 0 Å². The zero-order valence-corrected chi connectivity index (χ0v) is 12.3. The molecule has 2 rings (SSSR count). The van der Waals surface area contributed by atoms with Crippen LogP contribution < -0.4 is 5.32 Å². The first kappa shape index (κ1) is 15.2. The van der Waals surface area contributed by atoms with Crippen molar-refractivity contribution in [1.82, 2.24) is 15.1 Å². The van der Waals surface area contributed by atoms with Crippen LogP contribution in [0.4, 0.5) is 5.69 Å². The van der Waals surface area contributed by atoms with Crippen molar-refractivity contribution in [3.05, 3.63) is 52.3 Å². The summed E-state index contributed by atoms with van der Waals surface area (Å²) in [7, 11) is 0. The van der Waals surface area contributed by atoms with E-state index in [4.69, 9.17) is 0 Å². The number of benzene rings is 1. The molecule has 0 radical (unpaired) electrons. The predicted octanol–water partition coefficient (Wildman–Crippen LogP) is 2.71. The second-order valence-corrected chi connectivity index (χ2v) is 5.28. The smallest absolute Gasteiger partial charge is 0.269 e. The van der Waals surface area contributed by atoms with Crippen LogP contribution in [0.2, 0.25) is 0 Å². The van der Waals surface area contributed by atoms with E-state index < -0.39 is 4.92 Å². The lowest BCUT2D eigenvalue weighted by molar-refractivity contribution is -0.384. The summed E-state index contributed by atoms with van der Waals surface area (Å²) in [5.41, 5.74) is 2.08. The maximum Gasteiger partial charge on any atom is 0.269 e. The predicted molar refractivity (Wildman–Crippen MR) is 81.7 cm³/mol. The minimum atomic E-state index is -0.403. The Morgan fingerprint density at radius 1 is 1.33 bits per heavy atom. The summed E-state index contributed by atoms with van der Waals surface area (Å²) in [6, 6.07) is 6.89. The van der Waals surface area contributed by atoms with Crippen molar-refractivity contribution in [1.29, 1.82) is 0 Å². The van der Waals surface area contributed by atoms with Crippen LogP contribution in [0.5, 0.6) is 0 Å². The van der Waals surface area contributed by atoms with E-state index in [1.807, 2.05) is 12.4 Å². The molecule has 0 spiro atoms.